The first-order valence-electron chi connectivity index (χ1n) is 37.7. The Labute approximate surface area is 651 Å². The van der Waals surface area contributed by atoms with Gasteiger partial charge in [-0.3, -0.25) is 19.2 Å². The second-order valence-corrected chi connectivity index (χ2v) is 27.7. The number of unbranched alkanes of at least 4 members (excludes halogenated alkanes) is 2. The summed E-state index contributed by atoms with van der Waals surface area (Å²) in [6.45, 7) is 6.06. The van der Waals surface area contributed by atoms with Crippen LogP contribution in [0.15, 0.2) is 212 Å². The van der Waals surface area contributed by atoms with Crippen LogP contribution in [0.2, 0.25) is 0 Å². The van der Waals surface area contributed by atoms with Gasteiger partial charge in [0.15, 0.2) is 43.5 Å². The second kappa shape index (κ2) is 42.6. The van der Waals surface area contributed by atoms with E-state index in [9.17, 15) is 33.9 Å². The summed E-state index contributed by atoms with van der Waals surface area (Å²) < 4.78 is 121. The number of hydrogen-bond donors (Lipinski definition) is 2. The van der Waals surface area contributed by atoms with Crippen LogP contribution >= 0.6 is 0 Å². The zero-order valence-electron chi connectivity index (χ0n) is 63.5. The minimum atomic E-state index is -1.85. The van der Waals surface area contributed by atoms with Gasteiger partial charge >= 0.3 is 29.8 Å². The van der Waals surface area contributed by atoms with Crippen molar-refractivity contribution in [3.63, 3.8) is 0 Å². The van der Waals surface area contributed by atoms with Crippen molar-refractivity contribution in [2.24, 2.45) is 0 Å². The zero-order chi connectivity index (χ0) is 78.7. The van der Waals surface area contributed by atoms with E-state index in [1.807, 2.05) is 152 Å². The molecule has 26 heteroatoms. The summed E-state index contributed by atoms with van der Waals surface area (Å²) >= 11 is 0. The molecule has 0 radical (unpaired) electrons. The third-order valence-corrected chi connectivity index (χ3v) is 19.3. The standard InChI is InChI=1S/C86H99NO25/c1-54-71(99-48-60-33-17-8-18-34-60)70(92)76(108-81(93)64-41-25-12-26-42-64)85(104-54)112-79-77(102-51-63-39-23-11-24-40-63)73(101-50-62-37-21-10-22-38-62)66(52-96-47-59-31-15-7-16-32-59)107-86(79)110-75-69(87-56(3)88)83(106-67(53-98-57(4)89)74(75)105-58(5)90)111-78-72(100-49-61-35-19-9-20-36-61)55(2)103-84(97-46-30-14-29-45-68(91)95-6)80(78)109-82(94)65-43-27-13-28-44-65/h7-13,15-28,31-44,54-55,66-67,69-80,83-86,92H,14,29-30,45-53H2,1-6H3,(H,87,88)/t54-,55-,66+,67+,69+,70+,71-,72-,73-,74+,75+,76+,77-,78+,79+,80+,83+,84+,85-,86+/m0/s1. The van der Waals surface area contributed by atoms with Crippen LogP contribution in [0.4, 0.5) is 0 Å². The van der Waals surface area contributed by atoms with Crippen LogP contribution in [0, 0.1) is 0 Å². The van der Waals surface area contributed by atoms with E-state index < -0.39 is 159 Å². The van der Waals surface area contributed by atoms with Crippen molar-refractivity contribution in [3.8, 4) is 0 Å². The molecule has 0 unspecified atom stereocenters. The molecule has 112 heavy (non-hydrogen) atoms. The summed E-state index contributed by atoms with van der Waals surface area (Å²) in [5, 5.41) is 15.9. The van der Waals surface area contributed by atoms with Crippen molar-refractivity contribution >= 4 is 35.8 Å². The summed E-state index contributed by atoms with van der Waals surface area (Å²) in [5.41, 5.74) is 4.09. The first kappa shape index (κ1) is 83.7. The Balaban J connectivity index is 1.06. The zero-order valence-corrected chi connectivity index (χ0v) is 63.5. The molecule has 7 aromatic carbocycles. The Morgan fingerprint density at radius 3 is 1.32 bits per heavy atom. The third-order valence-electron chi connectivity index (χ3n) is 19.3. The molecule has 4 saturated heterocycles. The van der Waals surface area contributed by atoms with Crippen molar-refractivity contribution < 1.29 is 119 Å². The van der Waals surface area contributed by atoms with E-state index in [0.717, 1.165) is 29.2 Å². The Morgan fingerprint density at radius 1 is 0.384 bits per heavy atom. The number of esters is 5. The van der Waals surface area contributed by atoms with Gasteiger partial charge in [-0.15, -0.1) is 0 Å². The van der Waals surface area contributed by atoms with Gasteiger partial charge < -0.3 is 95.7 Å². The normalized spacial score (nSPS) is 27.7. The van der Waals surface area contributed by atoms with Crippen molar-refractivity contribution in [2.45, 2.75) is 216 Å². The minimum absolute atomic E-state index is 0.0218. The predicted octanol–water partition coefficient (Wildman–Crippen LogP) is 10.2. The van der Waals surface area contributed by atoms with Crippen molar-refractivity contribution in [1.29, 1.82) is 0 Å². The smallest absolute Gasteiger partial charge is 0.338 e. The van der Waals surface area contributed by atoms with Gasteiger partial charge in [0.05, 0.1) is 70.1 Å². The number of hydrogen-bond acceptors (Lipinski definition) is 25. The fourth-order valence-electron chi connectivity index (χ4n) is 13.8. The van der Waals surface area contributed by atoms with E-state index in [4.69, 9.17) is 85.3 Å². The fourth-order valence-corrected chi connectivity index (χ4v) is 13.8. The van der Waals surface area contributed by atoms with E-state index in [-0.39, 0.29) is 69.8 Å². The molecule has 0 saturated carbocycles. The van der Waals surface area contributed by atoms with E-state index in [2.05, 4.69) is 5.32 Å². The molecule has 0 aliphatic carbocycles. The van der Waals surface area contributed by atoms with Gasteiger partial charge in [0, 0.05) is 33.8 Å². The number of ether oxygens (including phenoxy) is 18. The average molecular weight is 1550 g/mol. The molecule has 2 N–H and O–H groups in total. The van der Waals surface area contributed by atoms with Crippen LogP contribution in [0.1, 0.15) is 109 Å². The molecule has 0 aromatic heterocycles. The third kappa shape index (κ3) is 23.9. The number of nitrogens with one attached hydrogen (secondary N) is 1. The molecule has 1 amide bonds. The topological polar surface area (TPSA) is 301 Å². The quantitative estimate of drug-likeness (QED) is 0.0208. The summed E-state index contributed by atoms with van der Waals surface area (Å²) in [4.78, 5) is 83.0. The van der Waals surface area contributed by atoms with E-state index in [1.165, 1.54) is 21.0 Å². The van der Waals surface area contributed by atoms with Gasteiger partial charge in [-0.1, -0.05) is 194 Å². The molecule has 598 valence electrons. The average Bonchev–Trinajstić information content (AvgIpc) is 0.741. The summed E-state index contributed by atoms with van der Waals surface area (Å²) in [6, 6.07) is 61.3. The number of methoxy groups -OCH3 is 1. The van der Waals surface area contributed by atoms with Crippen molar-refractivity contribution in [1.82, 2.24) is 5.32 Å². The molecular weight excluding hydrogens is 1450 g/mol. The minimum Gasteiger partial charge on any atom is -0.469 e. The first-order valence-corrected chi connectivity index (χ1v) is 37.7. The molecule has 7 aromatic rings. The number of aliphatic hydroxyl groups excluding tert-OH is 1. The summed E-state index contributed by atoms with van der Waals surface area (Å²) in [5.74, 6) is -4.38. The second-order valence-electron chi connectivity index (χ2n) is 27.7. The van der Waals surface area contributed by atoms with E-state index in [1.54, 1.807) is 74.5 Å². The Hall–Kier alpha value is -9.20. The van der Waals surface area contributed by atoms with Crippen LogP contribution in [0.25, 0.3) is 0 Å². The Bertz CT molecular complexity index is 4010. The maximum atomic E-state index is 14.7. The lowest BCUT2D eigenvalue weighted by molar-refractivity contribution is -0.392. The number of rotatable bonds is 37. The molecule has 26 nitrogen and oxygen atoms in total. The van der Waals surface area contributed by atoms with Gasteiger partial charge in [-0.05, 0) is 78.8 Å². The molecule has 11 rings (SSSR count). The molecule has 4 heterocycles. The maximum Gasteiger partial charge on any atom is 0.338 e. The van der Waals surface area contributed by atoms with E-state index in [0.29, 0.717) is 24.8 Å². The summed E-state index contributed by atoms with van der Waals surface area (Å²) in [7, 11) is 1.32. The highest BCUT2D eigenvalue weighted by atomic mass is 16.8. The highest BCUT2D eigenvalue weighted by molar-refractivity contribution is 5.90. The fraction of sp³-hybridized carbons (Fsp3) is 0.442. The molecule has 20 atom stereocenters. The highest BCUT2D eigenvalue weighted by Crippen LogP contribution is 2.41. The van der Waals surface area contributed by atoms with Crippen molar-refractivity contribution in [2.75, 3.05) is 26.9 Å². The monoisotopic (exact) mass is 1550 g/mol. The predicted molar refractivity (Wildman–Crippen MR) is 400 cm³/mol. The molecule has 4 aliphatic rings. The van der Waals surface area contributed by atoms with Crippen LogP contribution < -0.4 is 5.32 Å². The molecular formula is C86H99NO25. The number of carbonyl (C=O) groups excluding carboxylic acids is 6. The van der Waals surface area contributed by atoms with E-state index >= 15 is 0 Å². The molecule has 0 bridgehead atoms. The van der Waals surface area contributed by atoms with Crippen LogP contribution in [-0.4, -0.2) is 191 Å². The maximum absolute atomic E-state index is 14.7. The lowest BCUT2D eigenvalue weighted by atomic mass is 9.93. The largest absolute Gasteiger partial charge is 0.469 e. The van der Waals surface area contributed by atoms with Gasteiger partial charge in [-0.25, -0.2) is 9.59 Å². The Kier molecular flexibility index (Phi) is 31.9. The SMILES string of the molecule is COC(=O)CCCCCO[C@@H]1O[C@@H](C)[C@H](OCc2ccccc2)[C@@H](O[C@H]2O[C@H](COC(C)=O)[C@@H](OC(C)=O)[C@H](O[C@H]3O[C@H](COCc4ccccc4)[C@H](OCc4ccccc4)[C@H](OCc4ccccc4)[C@H]3O[C@@H]3O[C@@H](C)[C@H](OCc4ccccc4)[C@@H](O)[C@H]3OC(=O)c3ccccc3)[C@H]2NC(C)=O)[C@H]1OC(=O)c1ccccc1. The number of amides is 1. The Morgan fingerprint density at radius 2 is 0.812 bits per heavy atom. The van der Waals surface area contributed by atoms with Crippen LogP contribution in [0.5, 0.6) is 0 Å². The first-order chi connectivity index (χ1) is 54.5. The molecule has 4 fully saturated rings. The number of benzene rings is 7. The van der Waals surface area contributed by atoms with Gasteiger partial charge in [0.1, 0.15) is 73.7 Å². The molecule has 4 aliphatic heterocycles. The molecule has 0 spiro atoms. The van der Waals surface area contributed by atoms with Gasteiger partial charge in [0.25, 0.3) is 0 Å². The number of carbonyl (C=O) groups is 6. The van der Waals surface area contributed by atoms with Crippen molar-refractivity contribution in [3.05, 3.63) is 251 Å². The summed E-state index contributed by atoms with van der Waals surface area (Å²) in [6.07, 6.45) is -26.2. The highest BCUT2D eigenvalue weighted by Gasteiger charge is 2.60. The van der Waals surface area contributed by atoms with Crippen LogP contribution in [0.3, 0.4) is 0 Å². The number of aliphatic hydroxyl groups is 1. The van der Waals surface area contributed by atoms with Gasteiger partial charge in [-0.2, -0.15) is 0 Å². The lowest BCUT2D eigenvalue weighted by Gasteiger charge is -2.52. The van der Waals surface area contributed by atoms with Crippen LogP contribution in [-0.2, 0) is 137 Å². The lowest BCUT2D eigenvalue weighted by Crippen LogP contribution is -2.71. The van der Waals surface area contributed by atoms with Gasteiger partial charge in [0.2, 0.25) is 5.91 Å².